The van der Waals surface area contributed by atoms with E-state index in [1.54, 1.807) is 5.57 Å². The van der Waals surface area contributed by atoms with Crippen LogP contribution in [0.3, 0.4) is 0 Å². The second kappa shape index (κ2) is 15.1. The molecule has 5 unspecified atom stereocenters. The Kier molecular flexibility index (Phi) is 10.7. The van der Waals surface area contributed by atoms with Gasteiger partial charge >= 0.3 is 0 Å². The molecule has 2 aromatic carbocycles. The predicted octanol–water partition coefficient (Wildman–Crippen LogP) is 11.2. The maximum Gasteiger partial charge on any atom is 0.0299 e. The molecule has 42 heavy (non-hydrogen) atoms. The van der Waals surface area contributed by atoms with Crippen molar-refractivity contribution in [2.45, 2.75) is 71.1 Å². The molecule has 0 saturated heterocycles. The minimum atomic E-state index is 0.413. The first-order valence-electron chi connectivity index (χ1n) is 16.3. The summed E-state index contributed by atoms with van der Waals surface area (Å²) in [5.41, 5.74) is 7.40. The fourth-order valence-electron chi connectivity index (χ4n) is 7.53. The Hall–Kier alpha value is -3.56. The van der Waals surface area contributed by atoms with Crippen molar-refractivity contribution in [3.8, 4) is 11.8 Å². The van der Waals surface area contributed by atoms with Crippen molar-refractivity contribution in [2.75, 3.05) is 0 Å². The molecule has 1 saturated carbocycles. The largest absolute Gasteiger partial charge is 0.103 e. The van der Waals surface area contributed by atoms with Gasteiger partial charge in [0.1, 0.15) is 0 Å². The Morgan fingerprint density at radius 3 is 2.10 bits per heavy atom. The van der Waals surface area contributed by atoms with Gasteiger partial charge in [-0.3, -0.25) is 0 Å². The van der Waals surface area contributed by atoms with Crippen LogP contribution in [0.2, 0.25) is 0 Å². The monoisotopic (exact) mass is 552 g/mol. The van der Waals surface area contributed by atoms with Crippen LogP contribution >= 0.6 is 0 Å². The fraction of sp³-hybridized carbons (Fsp3) is 0.381. The topological polar surface area (TPSA) is 0 Å². The normalized spacial score (nSPS) is 25.1. The first kappa shape index (κ1) is 29.9. The van der Waals surface area contributed by atoms with Crippen molar-refractivity contribution in [3.63, 3.8) is 0 Å². The third-order valence-electron chi connectivity index (χ3n) is 9.56. The van der Waals surface area contributed by atoms with E-state index < -0.39 is 0 Å². The van der Waals surface area contributed by atoms with Crippen LogP contribution in [0, 0.1) is 41.4 Å². The maximum absolute atomic E-state index is 3.70. The third kappa shape index (κ3) is 7.25. The van der Waals surface area contributed by atoms with Crippen LogP contribution in [-0.2, 0) is 0 Å². The molecule has 0 bridgehead atoms. The highest BCUT2D eigenvalue weighted by Crippen LogP contribution is 2.58. The SMILES string of the molecule is C=CCCCC1=CCC#CC1.CCCCC1=CC2C(C=C1)C1C=CC(C)=CC1C2C(c1ccccc1)c1ccccc1. The smallest absolute Gasteiger partial charge is 0.0299 e. The van der Waals surface area contributed by atoms with Crippen molar-refractivity contribution in [1.29, 1.82) is 0 Å². The number of hydrogen-bond acceptors (Lipinski definition) is 0. The quantitative estimate of drug-likeness (QED) is 0.156. The highest BCUT2D eigenvalue weighted by atomic mass is 14.5. The molecular formula is C42H48. The molecule has 216 valence electrons. The summed E-state index contributed by atoms with van der Waals surface area (Å²) in [5.74, 6) is 9.54. The summed E-state index contributed by atoms with van der Waals surface area (Å²) in [6.45, 7) is 8.26. The van der Waals surface area contributed by atoms with Crippen molar-refractivity contribution < 1.29 is 0 Å². The lowest BCUT2D eigenvalue weighted by Gasteiger charge is -2.34. The van der Waals surface area contributed by atoms with E-state index in [0.29, 0.717) is 35.5 Å². The molecule has 4 aliphatic rings. The number of hydrogen-bond donors (Lipinski definition) is 0. The van der Waals surface area contributed by atoms with Gasteiger partial charge in [-0.1, -0.05) is 151 Å². The second-order valence-electron chi connectivity index (χ2n) is 12.4. The Balaban J connectivity index is 0.000000271. The van der Waals surface area contributed by atoms with E-state index in [1.165, 1.54) is 54.4 Å². The van der Waals surface area contributed by atoms with Crippen molar-refractivity contribution >= 4 is 0 Å². The summed E-state index contributed by atoms with van der Waals surface area (Å²) in [4.78, 5) is 0. The molecule has 6 rings (SSSR count). The summed E-state index contributed by atoms with van der Waals surface area (Å²) in [6, 6.07) is 22.5. The van der Waals surface area contributed by atoms with E-state index in [0.717, 1.165) is 19.3 Å². The van der Waals surface area contributed by atoms with Crippen molar-refractivity contribution in [1.82, 2.24) is 0 Å². The van der Waals surface area contributed by atoms with Crippen LogP contribution in [0.1, 0.15) is 82.3 Å². The van der Waals surface area contributed by atoms with Crippen molar-refractivity contribution in [2.24, 2.45) is 29.6 Å². The van der Waals surface area contributed by atoms with Gasteiger partial charge in [0.2, 0.25) is 0 Å². The van der Waals surface area contributed by atoms with Crippen LogP contribution in [0.25, 0.3) is 0 Å². The Labute approximate surface area is 255 Å². The summed E-state index contributed by atoms with van der Waals surface area (Å²) in [5, 5.41) is 0. The minimum absolute atomic E-state index is 0.413. The molecule has 0 amide bonds. The summed E-state index contributed by atoms with van der Waals surface area (Å²) >= 11 is 0. The van der Waals surface area contributed by atoms with Gasteiger partial charge in [0, 0.05) is 18.8 Å². The van der Waals surface area contributed by atoms with Gasteiger partial charge in [0.05, 0.1) is 0 Å². The van der Waals surface area contributed by atoms with Gasteiger partial charge in [-0.05, 0) is 79.7 Å². The first-order valence-corrected chi connectivity index (χ1v) is 16.3. The maximum atomic E-state index is 3.70. The molecule has 5 atom stereocenters. The molecule has 4 aliphatic carbocycles. The van der Waals surface area contributed by atoms with Crippen LogP contribution in [0.5, 0.6) is 0 Å². The molecule has 0 aliphatic heterocycles. The number of unbranched alkanes of at least 4 members (excludes halogenated alkanes) is 2. The van der Waals surface area contributed by atoms with E-state index in [9.17, 15) is 0 Å². The molecule has 0 heteroatoms. The van der Waals surface area contributed by atoms with Crippen LogP contribution < -0.4 is 0 Å². The lowest BCUT2D eigenvalue weighted by Crippen LogP contribution is -2.25. The lowest BCUT2D eigenvalue weighted by molar-refractivity contribution is 0.335. The highest BCUT2D eigenvalue weighted by molar-refractivity contribution is 5.41. The molecule has 0 heterocycles. The number of allylic oxidation sites excluding steroid dienone is 11. The van der Waals surface area contributed by atoms with Crippen LogP contribution in [0.15, 0.2) is 133 Å². The third-order valence-corrected chi connectivity index (χ3v) is 9.56. The zero-order valence-electron chi connectivity index (χ0n) is 25.7. The Morgan fingerprint density at radius 2 is 1.48 bits per heavy atom. The van der Waals surface area contributed by atoms with E-state index in [1.807, 2.05) is 6.08 Å². The number of benzene rings is 2. The highest BCUT2D eigenvalue weighted by Gasteiger charge is 2.51. The van der Waals surface area contributed by atoms with Gasteiger partial charge < -0.3 is 0 Å². The predicted molar refractivity (Wildman–Crippen MR) is 181 cm³/mol. The number of rotatable bonds is 10. The molecule has 1 fully saturated rings. The average Bonchev–Trinajstić information content (AvgIpc) is 3.34. The molecule has 0 spiro atoms. The molecule has 0 aromatic heterocycles. The first-order chi connectivity index (χ1) is 20.7. The van der Waals surface area contributed by atoms with E-state index in [-0.39, 0.29) is 0 Å². The molecular weight excluding hydrogens is 504 g/mol. The summed E-state index contributed by atoms with van der Waals surface area (Å²) in [6.07, 6.45) is 28.6. The van der Waals surface area contributed by atoms with Crippen LogP contribution in [-0.4, -0.2) is 0 Å². The standard InChI is InChI=1S/C31H34.C11H14/c1-3-4-11-23-17-19-27-26-18-16-22(2)20-28(26)31(29(27)21-23)30(24-12-7-5-8-13-24)25-14-9-6-10-15-25;1-2-3-5-8-11-9-6-4-7-10-11/h5-10,12-21,26-31H,3-4,11H2,1-2H3;2,9H,1,3,5-6,8,10H2. The van der Waals surface area contributed by atoms with Crippen molar-refractivity contribution in [3.05, 3.63) is 144 Å². The van der Waals surface area contributed by atoms with Gasteiger partial charge in [-0.25, -0.2) is 0 Å². The Morgan fingerprint density at radius 1 is 0.810 bits per heavy atom. The van der Waals surface area contributed by atoms with E-state index in [4.69, 9.17) is 0 Å². The van der Waals surface area contributed by atoms with Gasteiger partial charge in [0.25, 0.3) is 0 Å². The average molecular weight is 553 g/mol. The minimum Gasteiger partial charge on any atom is -0.103 e. The number of fused-ring (bicyclic) bond motifs is 3. The Bertz CT molecular complexity index is 1340. The fourth-order valence-corrected chi connectivity index (χ4v) is 7.53. The zero-order chi connectivity index (χ0) is 29.1. The van der Waals surface area contributed by atoms with Crippen LogP contribution in [0.4, 0.5) is 0 Å². The van der Waals surface area contributed by atoms with E-state index >= 15 is 0 Å². The molecule has 0 radical (unpaired) electrons. The van der Waals surface area contributed by atoms with Gasteiger partial charge in [0.15, 0.2) is 0 Å². The molecule has 2 aromatic rings. The summed E-state index contributed by atoms with van der Waals surface area (Å²) in [7, 11) is 0. The second-order valence-corrected chi connectivity index (χ2v) is 12.4. The lowest BCUT2D eigenvalue weighted by atomic mass is 9.69. The zero-order valence-corrected chi connectivity index (χ0v) is 25.7. The van der Waals surface area contributed by atoms with Gasteiger partial charge in [-0.2, -0.15) is 0 Å². The molecule has 0 N–H and O–H groups in total. The van der Waals surface area contributed by atoms with Gasteiger partial charge in [-0.15, -0.1) is 6.58 Å². The summed E-state index contributed by atoms with van der Waals surface area (Å²) < 4.78 is 0. The molecule has 0 nitrogen and oxygen atoms in total. The van der Waals surface area contributed by atoms with E-state index in [2.05, 4.69) is 135 Å².